The lowest BCUT2D eigenvalue weighted by molar-refractivity contribution is -0.124. The summed E-state index contributed by atoms with van der Waals surface area (Å²) >= 11 is 1.71. The molecule has 1 saturated heterocycles. The van der Waals surface area contributed by atoms with E-state index in [9.17, 15) is 4.79 Å². The number of fused-ring (bicyclic) bond motifs is 1. The Morgan fingerprint density at radius 1 is 1.58 bits per heavy atom. The van der Waals surface area contributed by atoms with Crippen molar-refractivity contribution < 1.29 is 4.79 Å². The zero-order valence-electron chi connectivity index (χ0n) is 11.4. The summed E-state index contributed by atoms with van der Waals surface area (Å²) in [6.07, 6.45) is 4.74. The van der Waals surface area contributed by atoms with Crippen molar-refractivity contribution in [3.05, 3.63) is 22.4 Å². The maximum Gasteiger partial charge on any atom is 0.237 e. The van der Waals surface area contributed by atoms with E-state index in [0.717, 1.165) is 18.9 Å². The molecule has 1 amide bonds. The van der Waals surface area contributed by atoms with Crippen LogP contribution < -0.4 is 10.6 Å². The predicted octanol–water partition coefficient (Wildman–Crippen LogP) is 2.18. The van der Waals surface area contributed by atoms with Crippen molar-refractivity contribution in [2.24, 2.45) is 11.8 Å². The average Bonchev–Trinajstić information content (AvgIpc) is 3.03. The lowest BCUT2D eigenvalue weighted by Crippen LogP contribution is -2.47. The predicted molar refractivity (Wildman–Crippen MR) is 78.2 cm³/mol. The molecule has 2 heterocycles. The molecular formula is C15H22N2OS. The molecule has 104 valence electrons. The van der Waals surface area contributed by atoms with E-state index in [-0.39, 0.29) is 18.0 Å². The first-order valence-corrected chi connectivity index (χ1v) is 8.23. The summed E-state index contributed by atoms with van der Waals surface area (Å²) in [5.74, 6) is 1.52. The third kappa shape index (κ3) is 2.84. The zero-order chi connectivity index (χ0) is 13.2. The Balaban J connectivity index is 1.53. The molecule has 3 nitrogen and oxygen atoms in total. The van der Waals surface area contributed by atoms with Gasteiger partial charge in [0.05, 0.1) is 6.04 Å². The zero-order valence-corrected chi connectivity index (χ0v) is 12.2. The maximum absolute atomic E-state index is 12.4. The fourth-order valence-corrected chi connectivity index (χ4v) is 4.30. The summed E-state index contributed by atoms with van der Waals surface area (Å²) < 4.78 is 0. The van der Waals surface area contributed by atoms with Gasteiger partial charge in [0.25, 0.3) is 0 Å². The molecule has 4 unspecified atom stereocenters. The average molecular weight is 278 g/mol. The van der Waals surface area contributed by atoms with Gasteiger partial charge in [-0.3, -0.25) is 4.79 Å². The van der Waals surface area contributed by atoms with Crippen LogP contribution in [0.25, 0.3) is 0 Å². The van der Waals surface area contributed by atoms with Crippen molar-refractivity contribution in [2.45, 2.75) is 44.7 Å². The quantitative estimate of drug-likeness (QED) is 0.886. The molecule has 1 aliphatic carbocycles. The fourth-order valence-electron chi connectivity index (χ4n) is 3.62. The minimum Gasteiger partial charge on any atom is -0.352 e. The first kappa shape index (κ1) is 13.1. The van der Waals surface area contributed by atoms with Crippen LogP contribution in [0.3, 0.4) is 0 Å². The molecule has 2 aliphatic rings. The van der Waals surface area contributed by atoms with E-state index >= 15 is 0 Å². The van der Waals surface area contributed by atoms with Gasteiger partial charge in [-0.25, -0.2) is 0 Å². The molecule has 4 heteroatoms. The number of hydrogen-bond donors (Lipinski definition) is 2. The molecule has 1 saturated carbocycles. The Morgan fingerprint density at radius 3 is 3.26 bits per heavy atom. The summed E-state index contributed by atoms with van der Waals surface area (Å²) in [6, 6.07) is 2.40. The number of amides is 1. The van der Waals surface area contributed by atoms with Crippen molar-refractivity contribution in [2.75, 3.05) is 6.54 Å². The molecule has 1 aromatic heterocycles. The highest BCUT2D eigenvalue weighted by atomic mass is 32.1. The molecule has 3 rings (SSSR count). The van der Waals surface area contributed by atoms with Gasteiger partial charge in [0.15, 0.2) is 0 Å². The van der Waals surface area contributed by atoms with Gasteiger partial charge >= 0.3 is 0 Å². The second kappa shape index (κ2) is 5.63. The van der Waals surface area contributed by atoms with Crippen LogP contribution in [0.2, 0.25) is 0 Å². The van der Waals surface area contributed by atoms with E-state index in [1.807, 2.05) is 0 Å². The van der Waals surface area contributed by atoms with Crippen LogP contribution in [0.5, 0.6) is 0 Å². The molecule has 0 bridgehead atoms. The monoisotopic (exact) mass is 278 g/mol. The SMILES string of the molecule is CC(Cc1ccsc1)NC(=O)C1NCC2CCCC21. The Kier molecular flexibility index (Phi) is 3.89. The largest absolute Gasteiger partial charge is 0.352 e. The molecule has 2 N–H and O–H groups in total. The van der Waals surface area contributed by atoms with Crippen LogP contribution in [0.4, 0.5) is 0 Å². The number of rotatable bonds is 4. The number of nitrogens with one attached hydrogen (secondary N) is 2. The second-order valence-corrected chi connectivity index (χ2v) is 6.77. The number of thiophene rings is 1. The van der Waals surface area contributed by atoms with Gasteiger partial charge < -0.3 is 10.6 Å². The summed E-state index contributed by atoms with van der Waals surface area (Å²) in [7, 11) is 0. The molecule has 0 radical (unpaired) electrons. The summed E-state index contributed by atoms with van der Waals surface area (Å²) in [4.78, 5) is 12.4. The third-order valence-electron chi connectivity index (χ3n) is 4.54. The maximum atomic E-state index is 12.4. The van der Waals surface area contributed by atoms with E-state index in [0.29, 0.717) is 5.92 Å². The summed E-state index contributed by atoms with van der Waals surface area (Å²) in [5, 5.41) is 10.8. The van der Waals surface area contributed by atoms with E-state index in [1.54, 1.807) is 11.3 Å². The van der Waals surface area contributed by atoms with E-state index in [4.69, 9.17) is 0 Å². The molecule has 2 fully saturated rings. The van der Waals surface area contributed by atoms with Gasteiger partial charge in [-0.1, -0.05) is 6.42 Å². The van der Waals surface area contributed by atoms with Gasteiger partial charge in [-0.15, -0.1) is 0 Å². The third-order valence-corrected chi connectivity index (χ3v) is 5.27. The molecule has 1 aromatic rings. The Morgan fingerprint density at radius 2 is 2.47 bits per heavy atom. The minimum absolute atomic E-state index is 0.0532. The van der Waals surface area contributed by atoms with Gasteiger partial charge in [0.1, 0.15) is 0 Å². The number of carbonyl (C=O) groups excluding carboxylic acids is 1. The van der Waals surface area contributed by atoms with Crippen LogP contribution >= 0.6 is 11.3 Å². The van der Waals surface area contributed by atoms with Gasteiger partial charge in [-0.2, -0.15) is 11.3 Å². The molecule has 0 spiro atoms. The fraction of sp³-hybridized carbons (Fsp3) is 0.667. The Labute approximate surface area is 118 Å². The van der Waals surface area contributed by atoms with Crippen LogP contribution in [0.15, 0.2) is 16.8 Å². The van der Waals surface area contributed by atoms with E-state index in [2.05, 4.69) is 34.4 Å². The van der Waals surface area contributed by atoms with Gasteiger partial charge in [0, 0.05) is 6.04 Å². The van der Waals surface area contributed by atoms with Crippen molar-refractivity contribution in [1.82, 2.24) is 10.6 Å². The molecular weight excluding hydrogens is 256 g/mol. The highest BCUT2D eigenvalue weighted by molar-refractivity contribution is 7.07. The molecule has 4 atom stereocenters. The molecule has 1 aliphatic heterocycles. The topological polar surface area (TPSA) is 41.1 Å². The molecule has 0 aromatic carbocycles. The van der Waals surface area contributed by atoms with Crippen molar-refractivity contribution >= 4 is 17.2 Å². The number of carbonyl (C=O) groups is 1. The first-order chi connectivity index (χ1) is 9.24. The highest BCUT2D eigenvalue weighted by Crippen LogP contribution is 2.37. The van der Waals surface area contributed by atoms with Gasteiger partial charge in [0.2, 0.25) is 5.91 Å². The van der Waals surface area contributed by atoms with Crippen molar-refractivity contribution in [3.8, 4) is 0 Å². The minimum atomic E-state index is 0.0532. The lowest BCUT2D eigenvalue weighted by Gasteiger charge is -2.21. The Bertz CT molecular complexity index is 431. The Hall–Kier alpha value is -0.870. The van der Waals surface area contributed by atoms with Gasteiger partial charge in [-0.05, 0) is 67.0 Å². The summed E-state index contributed by atoms with van der Waals surface area (Å²) in [5.41, 5.74) is 1.32. The van der Waals surface area contributed by atoms with Crippen molar-refractivity contribution in [3.63, 3.8) is 0 Å². The highest BCUT2D eigenvalue weighted by Gasteiger charge is 2.42. The van der Waals surface area contributed by atoms with E-state index < -0.39 is 0 Å². The van der Waals surface area contributed by atoms with Crippen LogP contribution in [0, 0.1) is 11.8 Å². The number of hydrogen-bond acceptors (Lipinski definition) is 3. The standard InChI is InChI=1S/C15H22N2OS/c1-10(7-11-5-6-19-9-11)17-15(18)14-13-4-2-3-12(13)8-16-14/h5-6,9-10,12-14,16H,2-4,7-8H2,1H3,(H,17,18). The first-order valence-electron chi connectivity index (χ1n) is 7.29. The second-order valence-electron chi connectivity index (χ2n) is 5.99. The molecule has 19 heavy (non-hydrogen) atoms. The normalized spacial score (nSPS) is 31.1. The van der Waals surface area contributed by atoms with Crippen molar-refractivity contribution in [1.29, 1.82) is 0 Å². The van der Waals surface area contributed by atoms with Crippen LogP contribution in [-0.2, 0) is 11.2 Å². The lowest BCUT2D eigenvalue weighted by atomic mass is 9.93. The smallest absolute Gasteiger partial charge is 0.237 e. The van der Waals surface area contributed by atoms with Crippen LogP contribution in [-0.4, -0.2) is 24.5 Å². The van der Waals surface area contributed by atoms with E-state index in [1.165, 1.54) is 24.8 Å². The summed E-state index contributed by atoms with van der Waals surface area (Å²) in [6.45, 7) is 3.12. The van der Waals surface area contributed by atoms with Crippen LogP contribution in [0.1, 0.15) is 31.7 Å².